The Morgan fingerprint density at radius 1 is 1.41 bits per heavy atom. The molecule has 0 saturated carbocycles. The number of urea groups is 1. The molecule has 2 atom stereocenters. The number of rotatable bonds is 3. The fraction of sp³-hybridized carbons (Fsp3) is 0.588. The number of piperidine rings is 1. The molecule has 1 aliphatic rings. The lowest BCUT2D eigenvalue weighted by molar-refractivity contribution is 0.0506. The van der Waals surface area contributed by atoms with Gasteiger partial charge in [-0.15, -0.1) is 0 Å². The molecule has 0 aromatic heterocycles. The van der Waals surface area contributed by atoms with E-state index in [1.807, 2.05) is 26.0 Å². The number of amides is 2. The van der Waals surface area contributed by atoms with Gasteiger partial charge in [-0.1, -0.05) is 38.4 Å². The summed E-state index contributed by atoms with van der Waals surface area (Å²) in [6.07, 6.45) is 1.94. The monoisotopic (exact) mass is 324 g/mol. The van der Waals surface area contributed by atoms with Crippen LogP contribution in [0.1, 0.15) is 38.3 Å². The van der Waals surface area contributed by atoms with E-state index < -0.39 is 0 Å². The molecule has 1 saturated heterocycles. The fourth-order valence-corrected chi connectivity index (χ4v) is 3.26. The summed E-state index contributed by atoms with van der Waals surface area (Å²) in [6.45, 7) is 7.24. The van der Waals surface area contributed by atoms with Crippen LogP contribution in [0.5, 0.6) is 0 Å². The number of hydrogen-bond donors (Lipinski definition) is 2. The Hall–Kier alpha value is -1.26. The molecule has 22 heavy (non-hydrogen) atoms. The van der Waals surface area contributed by atoms with Crippen LogP contribution in [-0.2, 0) is 12.8 Å². The second kappa shape index (κ2) is 7.34. The Bertz CT molecular complexity index is 548. The highest BCUT2D eigenvalue weighted by molar-refractivity contribution is 6.31. The minimum absolute atomic E-state index is 0.106. The standard InChI is InChI=1S/C17H25ClN2O2/c1-4-12-6-7-14(18)13(5-2)16(12)19-17(22)20-9-8-15(21)11(3)10-20/h6-7,11,15,21H,4-5,8-10H2,1-3H3,(H,19,22)/t11-,15-/m0/s1. The maximum Gasteiger partial charge on any atom is 0.321 e. The van der Waals surface area contributed by atoms with E-state index in [-0.39, 0.29) is 18.1 Å². The van der Waals surface area contributed by atoms with Crippen molar-refractivity contribution < 1.29 is 9.90 Å². The summed E-state index contributed by atoms with van der Waals surface area (Å²) in [5, 5.41) is 13.5. The third-order valence-electron chi connectivity index (χ3n) is 4.46. The molecule has 0 aliphatic carbocycles. The van der Waals surface area contributed by atoms with E-state index in [9.17, 15) is 9.90 Å². The van der Waals surface area contributed by atoms with Crippen LogP contribution < -0.4 is 5.32 Å². The van der Waals surface area contributed by atoms with Crippen LogP contribution in [-0.4, -0.2) is 35.2 Å². The molecule has 5 heteroatoms. The van der Waals surface area contributed by atoms with Crippen LogP contribution in [0, 0.1) is 5.92 Å². The first-order chi connectivity index (χ1) is 10.5. The first-order valence-electron chi connectivity index (χ1n) is 8.02. The Labute approximate surface area is 137 Å². The number of likely N-dealkylation sites (tertiary alicyclic amines) is 1. The minimum Gasteiger partial charge on any atom is -0.393 e. The van der Waals surface area contributed by atoms with Crippen molar-refractivity contribution in [2.24, 2.45) is 5.92 Å². The molecule has 4 nitrogen and oxygen atoms in total. The molecule has 0 bridgehead atoms. The van der Waals surface area contributed by atoms with Crippen molar-refractivity contribution in [1.29, 1.82) is 0 Å². The minimum atomic E-state index is -0.312. The van der Waals surface area contributed by atoms with Gasteiger partial charge in [0.05, 0.1) is 11.8 Å². The summed E-state index contributed by atoms with van der Waals surface area (Å²) in [5.41, 5.74) is 2.93. The van der Waals surface area contributed by atoms with Gasteiger partial charge >= 0.3 is 6.03 Å². The molecule has 2 N–H and O–H groups in total. The van der Waals surface area contributed by atoms with E-state index in [1.54, 1.807) is 4.90 Å². The number of nitrogens with zero attached hydrogens (tertiary/aromatic N) is 1. The SMILES string of the molecule is CCc1ccc(Cl)c(CC)c1NC(=O)N1CC[C@H](O)[C@@H](C)C1. The first kappa shape index (κ1) is 17.1. The van der Waals surface area contributed by atoms with Gasteiger partial charge in [-0.25, -0.2) is 4.79 Å². The number of halogens is 1. The third-order valence-corrected chi connectivity index (χ3v) is 4.81. The lowest BCUT2D eigenvalue weighted by Gasteiger charge is -2.34. The number of aliphatic hydroxyl groups excluding tert-OH is 1. The van der Waals surface area contributed by atoms with E-state index in [0.29, 0.717) is 24.5 Å². The van der Waals surface area contributed by atoms with Crippen molar-refractivity contribution >= 4 is 23.3 Å². The van der Waals surface area contributed by atoms with E-state index >= 15 is 0 Å². The van der Waals surface area contributed by atoms with Gasteiger partial charge in [0.2, 0.25) is 0 Å². The third kappa shape index (κ3) is 3.55. The Kier molecular flexibility index (Phi) is 5.70. The molecule has 2 amide bonds. The normalized spacial score (nSPS) is 21.8. The second-order valence-electron chi connectivity index (χ2n) is 5.98. The maximum absolute atomic E-state index is 12.6. The number of aliphatic hydroxyl groups is 1. The Balaban J connectivity index is 2.19. The average molecular weight is 325 g/mol. The van der Waals surface area contributed by atoms with Crippen LogP contribution in [0.25, 0.3) is 0 Å². The van der Waals surface area contributed by atoms with E-state index in [4.69, 9.17) is 11.6 Å². The molecule has 1 aromatic carbocycles. The summed E-state index contributed by atoms with van der Waals surface area (Å²) >= 11 is 6.27. The average Bonchev–Trinajstić information content (AvgIpc) is 2.50. The number of anilines is 1. The molecular formula is C17H25ClN2O2. The highest BCUT2D eigenvalue weighted by Crippen LogP contribution is 2.30. The van der Waals surface area contributed by atoms with Crippen molar-refractivity contribution in [1.82, 2.24) is 4.90 Å². The van der Waals surface area contributed by atoms with Crippen molar-refractivity contribution in [2.45, 2.75) is 46.1 Å². The number of carbonyl (C=O) groups excluding carboxylic acids is 1. The molecule has 0 spiro atoms. The van der Waals surface area contributed by atoms with Crippen LogP contribution >= 0.6 is 11.6 Å². The van der Waals surface area contributed by atoms with Gasteiger partial charge in [-0.2, -0.15) is 0 Å². The predicted molar refractivity (Wildman–Crippen MR) is 90.6 cm³/mol. The summed E-state index contributed by atoms with van der Waals surface area (Å²) in [4.78, 5) is 14.3. The first-order valence-corrected chi connectivity index (χ1v) is 8.39. The van der Waals surface area contributed by atoms with Gasteiger partial charge < -0.3 is 15.3 Å². The van der Waals surface area contributed by atoms with Gasteiger partial charge in [0, 0.05) is 18.1 Å². The van der Waals surface area contributed by atoms with E-state index in [1.165, 1.54) is 0 Å². The molecule has 0 unspecified atom stereocenters. The number of aryl methyl sites for hydroxylation is 1. The van der Waals surface area contributed by atoms with Crippen molar-refractivity contribution in [3.8, 4) is 0 Å². The summed E-state index contributed by atoms with van der Waals surface area (Å²) < 4.78 is 0. The molecular weight excluding hydrogens is 300 g/mol. The summed E-state index contributed by atoms with van der Waals surface area (Å²) in [6, 6.07) is 3.76. The molecule has 0 radical (unpaired) electrons. The fourth-order valence-electron chi connectivity index (χ4n) is 2.97. The number of benzene rings is 1. The van der Waals surface area contributed by atoms with Gasteiger partial charge in [-0.3, -0.25) is 0 Å². The zero-order chi connectivity index (χ0) is 16.3. The van der Waals surface area contributed by atoms with Crippen LogP contribution in [0.15, 0.2) is 12.1 Å². The van der Waals surface area contributed by atoms with Crippen molar-refractivity contribution in [3.63, 3.8) is 0 Å². The van der Waals surface area contributed by atoms with Crippen LogP contribution in [0.4, 0.5) is 10.5 Å². The second-order valence-corrected chi connectivity index (χ2v) is 6.38. The lowest BCUT2D eigenvalue weighted by Crippen LogP contribution is -2.46. The van der Waals surface area contributed by atoms with Crippen LogP contribution in [0.2, 0.25) is 5.02 Å². The van der Waals surface area contributed by atoms with Crippen LogP contribution in [0.3, 0.4) is 0 Å². The van der Waals surface area contributed by atoms with Crippen molar-refractivity contribution in [3.05, 3.63) is 28.3 Å². The Morgan fingerprint density at radius 2 is 2.14 bits per heavy atom. The smallest absolute Gasteiger partial charge is 0.321 e. The summed E-state index contributed by atoms with van der Waals surface area (Å²) in [5.74, 6) is 0.107. The lowest BCUT2D eigenvalue weighted by atomic mass is 9.97. The highest BCUT2D eigenvalue weighted by Gasteiger charge is 2.27. The number of nitrogens with one attached hydrogen (secondary N) is 1. The van der Waals surface area contributed by atoms with E-state index in [2.05, 4.69) is 12.2 Å². The highest BCUT2D eigenvalue weighted by atomic mass is 35.5. The van der Waals surface area contributed by atoms with E-state index in [0.717, 1.165) is 29.7 Å². The van der Waals surface area contributed by atoms with Gasteiger partial charge in [-0.05, 0) is 42.4 Å². The molecule has 1 fully saturated rings. The molecule has 1 aromatic rings. The zero-order valence-electron chi connectivity index (χ0n) is 13.5. The molecule has 1 aliphatic heterocycles. The van der Waals surface area contributed by atoms with Gasteiger partial charge in [0.15, 0.2) is 0 Å². The maximum atomic E-state index is 12.6. The molecule has 1 heterocycles. The quantitative estimate of drug-likeness (QED) is 0.890. The molecule has 122 valence electrons. The number of carbonyl (C=O) groups is 1. The number of hydrogen-bond acceptors (Lipinski definition) is 2. The van der Waals surface area contributed by atoms with Crippen molar-refractivity contribution in [2.75, 3.05) is 18.4 Å². The van der Waals surface area contributed by atoms with Gasteiger partial charge in [0.25, 0.3) is 0 Å². The largest absolute Gasteiger partial charge is 0.393 e. The summed E-state index contributed by atoms with van der Waals surface area (Å²) in [7, 11) is 0. The predicted octanol–water partition coefficient (Wildman–Crippen LogP) is 3.70. The topological polar surface area (TPSA) is 52.6 Å². The zero-order valence-corrected chi connectivity index (χ0v) is 14.3. The Morgan fingerprint density at radius 3 is 2.73 bits per heavy atom. The molecule has 2 rings (SSSR count). The van der Waals surface area contributed by atoms with Gasteiger partial charge in [0.1, 0.15) is 0 Å².